The van der Waals surface area contributed by atoms with Crippen LogP contribution >= 0.6 is 0 Å². The number of carbonyl (C=O) groups is 1. The van der Waals surface area contributed by atoms with E-state index in [0.29, 0.717) is 6.42 Å². The molecule has 0 bridgehead atoms. The van der Waals surface area contributed by atoms with Crippen LogP contribution in [-0.4, -0.2) is 11.7 Å². The van der Waals surface area contributed by atoms with E-state index in [-0.39, 0.29) is 23.6 Å². The maximum absolute atomic E-state index is 10.8. The predicted octanol–water partition coefficient (Wildman–Crippen LogP) is 0.0498. The van der Waals surface area contributed by atoms with Gasteiger partial charge in [0.2, 0.25) is 5.91 Å². The second-order valence-corrected chi connectivity index (χ2v) is 2.72. The number of amides is 1. The summed E-state index contributed by atoms with van der Waals surface area (Å²) in [6, 6.07) is 2.02. The van der Waals surface area contributed by atoms with Gasteiger partial charge in [-0.3, -0.25) is 4.79 Å². The van der Waals surface area contributed by atoms with Crippen LogP contribution in [-0.2, 0) is 4.79 Å². The summed E-state index contributed by atoms with van der Waals surface area (Å²) in [6.07, 6.45) is 0.332. The van der Waals surface area contributed by atoms with Gasteiger partial charge in [0, 0.05) is 6.42 Å². The van der Waals surface area contributed by atoms with Gasteiger partial charge in [-0.2, -0.15) is 10.3 Å². The first-order valence-corrected chi connectivity index (χ1v) is 3.41. The van der Waals surface area contributed by atoms with Crippen molar-refractivity contribution in [2.45, 2.75) is 13.3 Å². The maximum atomic E-state index is 10.8. The average molecular weight is 151 g/mol. The minimum atomic E-state index is -0.382. The van der Waals surface area contributed by atoms with Crippen LogP contribution in [0.25, 0.3) is 0 Å². The van der Waals surface area contributed by atoms with Gasteiger partial charge in [0.25, 0.3) is 0 Å². The molecule has 1 aliphatic rings. The van der Waals surface area contributed by atoms with Crippen molar-refractivity contribution in [2.75, 3.05) is 0 Å². The number of amidine groups is 1. The number of nitrogens with two attached hydrogens (primary N) is 1. The first-order chi connectivity index (χ1) is 5.15. The van der Waals surface area contributed by atoms with Crippen molar-refractivity contribution < 1.29 is 4.79 Å². The van der Waals surface area contributed by atoms with E-state index >= 15 is 0 Å². The highest BCUT2D eigenvalue weighted by molar-refractivity contribution is 5.98. The van der Waals surface area contributed by atoms with Crippen molar-refractivity contribution in [1.29, 1.82) is 5.26 Å². The average Bonchev–Trinajstić information content (AvgIpc) is 1.85. The largest absolute Gasteiger partial charge is 0.386 e. The molecular formula is C7H9N3O. The zero-order valence-electron chi connectivity index (χ0n) is 6.24. The van der Waals surface area contributed by atoms with E-state index in [9.17, 15) is 4.79 Å². The van der Waals surface area contributed by atoms with Crippen LogP contribution in [0.5, 0.6) is 0 Å². The Kier molecular flexibility index (Phi) is 1.90. The number of rotatable bonds is 0. The van der Waals surface area contributed by atoms with Crippen molar-refractivity contribution in [2.24, 2.45) is 22.6 Å². The number of hydrogen-bond donors (Lipinski definition) is 1. The fourth-order valence-electron chi connectivity index (χ4n) is 1.14. The standard InChI is InChI=1S/C7H9N3O/c1-4-2-6(11)10-7(9)5(4)3-8/h4-5H,2H2,1H3,(H2,9,10,11). The lowest BCUT2D eigenvalue weighted by molar-refractivity contribution is -0.119. The molecule has 0 saturated carbocycles. The van der Waals surface area contributed by atoms with Gasteiger partial charge < -0.3 is 5.73 Å². The molecule has 58 valence electrons. The summed E-state index contributed by atoms with van der Waals surface area (Å²) >= 11 is 0. The van der Waals surface area contributed by atoms with E-state index < -0.39 is 0 Å². The Balaban J connectivity index is 2.90. The van der Waals surface area contributed by atoms with Gasteiger partial charge in [-0.05, 0) is 5.92 Å². The topological polar surface area (TPSA) is 79.2 Å². The molecule has 0 saturated heterocycles. The highest BCUT2D eigenvalue weighted by atomic mass is 16.1. The molecule has 0 fully saturated rings. The summed E-state index contributed by atoms with van der Waals surface area (Å²) in [4.78, 5) is 14.3. The molecule has 4 nitrogen and oxygen atoms in total. The van der Waals surface area contributed by atoms with E-state index in [2.05, 4.69) is 4.99 Å². The first-order valence-electron chi connectivity index (χ1n) is 3.41. The van der Waals surface area contributed by atoms with E-state index in [1.165, 1.54) is 0 Å². The number of nitrogens with zero attached hydrogens (tertiary/aromatic N) is 2. The number of carbonyl (C=O) groups excluding carboxylic acids is 1. The zero-order chi connectivity index (χ0) is 8.43. The van der Waals surface area contributed by atoms with Gasteiger partial charge in [0.1, 0.15) is 11.8 Å². The maximum Gasteiger partial charge on any atom is 0.247 e. The first kappa shape index (κ1) is 7.73. The lowest BCUT2D eigenvalue weighted by Crippen LogP contribution is -2.33. The molecule has 1 heterocycles. The fourth-order valence-corrected chi connectivity index (χ4v) is 1.14. The van der Waals surface area contributed by atoms with Crippen molar-refractivity contribution >= 4 is 11.7 Å². The minimum absolute atomic E-state index is 0.00463. The lowest BCUT2D eigenvalue weighted by Gasteiger charge is -2.19. The number of aliphatic imine (C=N–C) groups is 1. The monoisotopic (exact) mass is 151 g/mol. The third-order valence-corrected chi connectivity index (χ3v) is 1.78. The molecule has 0 aliphatic carbocycles. The van der Waals surface area contributed by atoms with Gasteiger partial charge >= 0.3 is 0 Å². The van der Waals surface area contributed by atoms with E-state index in [0.717, 1.165) is 0 Å². The second kappa shape index (κ2) is 2.70. The Bertz CT molecular complexity index is 251. The summed E-state index contributed by atoms with van der Waals surface area (Å²) < 4.78 is 0. The SMILES string of the molecule is CC1CC(=O)N=C(N)C1C#N. The van der Waals surface area contributed by atoms with Crippen LogP contribution in [0.3, 0.4) is 0 Å². The molecule has 0 aromatic rings. The Labute approximate surface area is 64.7 Å². The molecule has 2 N–H and O–H groups in total. The minimum Gasteiger partial charge on any atom is -0.386 e. The van der Waals surface area contributed by atoms with Gasteiger partial charge in [0.15, 0.2) is 0 Å². The van der Waals surface area contributed by atoms with Crippen LogP contribution in [0.4, 0.5) is 0 Å². The Morgan fingerprint density at radius 1 is 1.82 bits per heavy atom. The fraction of sp³-hybridized carbons (Fsp3) is 0.571. The van der Waals surface area contributed by atoms with Gasteiger partial charge in [-0.15, -0.1) is 0 Å². The molecule has 1 rings (SSSR count). The quantitative estimate of drug-likeness (QED) is 0.531. The summed E-state index contributed by atoms with van der Waals surface area (Å²) in [5.74, 6) is -0.435. The van der Waals surface area contributed by atoms with Gasteiger partial charge in [-0.1, -0.05) is 6.92 Å². The molecule has 1 aliphatic heterocycles. The van der Waals surface area contributed by atoms with Crippen LogP contribution in [0, 0.1) is 23.2 Å². The second-order valence-electron chi connectivity index (χ2n) is 2.72. The van der Waals surface area contributed by atoms with Gasteiger partial charge in [0.05, 0.1) is 6.07 Å². The lowest BCUT2D eigenvalue weighted by atomic mass is 9.89. The molecule has 2 atom stereocenters. The van der Waals surface area contributed by atoms with Gasteiger partial charge in [-0.25, -0.2) is 0 Å². The molecule has 0 aromatic heterocycles. The highest BCUT2D eigenvalue weighted by Crippen LogP contribution is 2.19. The molecule has 0 radical (unpaired) electrons. The van der Waals surface area contributed by atoms with Crippen LogP contribution < -0.4 is 5.73 Å². The molecule has 11 heavy (non-hydrogen) atoms. The molecular weight excluding hydrogens is 142 g/mol. The summed E-state index contributed by atoms with van der Waals surface area (Å²) in [5.41, 5.74) is 5.38. The Morgan fingerprint density at radius 3 is 2.91 bits per heavy atom. The van der Waals surface area contributed by atoms with Crippen molar-refractivity contribution in [3.63, 3.8) is 0 Å². The molecule has 2 unspecified atom stereocenters. The van der Waals surface area contributed by atoms with Crippen LogP contribution in [0.1, 0.15) is 13.3 Å². The van der Waals surface area contributed by atoms with Crippen LogP contribution in [0.15, 0.2) is 4.99 Å². The molecule has 0 spiro atoms. The van der Waals surface area contributed by atoms with E-state index in [1.54, 1.807) is 0 Å². The molecule has 1 amide bonds. The van der Waals surface area contributed by atoms with E-state index in [4.69, 9.17) is 11.0 Å². The molecule has 0 aromatic carbocycles. The zero-order valence-corrected chi connectivity index (χ0v) is 6.24. The smallest absolute Gasteiger partial charge is 0.247 e. The summed E-state index contributed by atoms with van der Waals surface area (Å²) in [6.45, 7) is 1.83. The van der Waals surface area contributed by atoms with E-state index in [1.807, 2.05) is 13.0 Å². The van der Waals surface area contributed by atoms with Crippen molar-refractivity contribution in [1.82, 2.24) is 0 Å². The number of hydrogen-bond acceptors (Lipinski definition) is 3. The third kappa shape index (κ3) is 1.37. The Morgan fingerprint density at radius 2 is 2.45 bits per heavy atom. The highest BCUT2D eigenvalue weighted by Gasteiger charge is 2.27. The van der Waals surface area contributed by atoms with Crippen molar-refractivity contribution in [3.8, 4) is 6.07 Å². The summed E-state index contributed by atoms with van der Waals surface area (Å²) in [7, 11) is 0. The number of nitriles is 1. The molecule has 4 heteroatoms. The Hall–Kier alpha value is -1.37. The normalized spacial score (nSPS) is 30.9. The summed E-state index contributed by atoms with van der Waals surface area (Å²) in [5, 5.41) is 8.60. The van der Waals surface area contributed by atoms with Crippen LogP contribution in [0.2, 0.25) is 0 Å². The van der Waals surface area contributed by atoms with Crippen molar-refractivity contribution in [3.05, 3.63) is 0 Å². The third-order valence-electron chi connectivity index (χ3n) is 1.78. The predicted molar refractivity (Wildman–Crippen MR) is 39.5 cm³/mol.